The van der Waals surface area contributed by atoms with Crippen LogP contribution in [-0.4, -0.2) is 37.4 Å². The molecule has 1 aliphatic heterocycles. The van der Waals surface area contributed by atoms with Crippen molar-refractivity contribution in [2.75, 3.05) is 0 Å². The zero-order valence-electron chi connectivity index (χ0n) is 19.2. The van der Waals surface area contributed by atoms with Gasteiger partial charge in [0, 0.05) is 23.8 Å². The lowest BCUT2D eigenvalue weighted by atomic mass is 9.93. The molecule has 0 saturated heterocycles. The highest BCUT2D eigenvalue weighted by Crippen LogP contribution is 2.38. The van der Waals surface area contributed by atoms with E-state index >= 15 is 0 Å². The van der Waals surface area contributed by atoms with Crippen LogP contribution in [0.25, 0.3) is 16.6 Å². The molecule has 1 aromatic carbocycles. The van der Waals surface area contributed by atoms with Crippen molar-refractivity contribution < 1.29 is 14.0 Å². The molecule has 6 rings (SSSR count). The van der Waals surface area contributed by atoms with E-state index in [4.69, 9.17) is 4.42 Å². The summed E-state index contributed by atoms with van der Waals surface area (Å²) in [4.78, 5) is 29.7. The number of fused-ring (bicyclic) bond motifs is 3. The molecule has 0 spiro atoms. The lowest BCUT2D eigenvalue weighted by Crippen LogP contribution is -2.64. The first-order valence-electron chi connectivity index (χ1n) is 12.0. The van der Waals surface area contributed by atoms with E-state index in [9.17, 15) is 9.59 Å². The average molecular weight is 457 g/mol. The lowest BCUT2D eigenvalue weighted by Gasteiger charge is -2.44. The van der Waals surface area contributed by atoms with Gasteiger partial charge in [-0.1, -0.05) is 31.0 Å². The van der Waals surface area contributed by atoms with Crippen molar-refractivity contribution in [3.63, 3.8) is 0 Å². The van der Waals surface area contributed by atoms with Crippen molar-refractivity contribution in [3.05, 3.63) is 78.6 Å². The molecule has 174 valence electrons. The maximum Gasteiger partial charge on any atom is 0.274 e. The van der Waals surface area contributed by atoms with Crippen molar-refractivity contribution in [1.82, 2.24) is 19.4 Å². The molecule has 1 aliphatic carbocycles. The minimum absolute atomic E-state index is 0.106. The number of carbonyl (C=O) groups is 2. The summed E-state index contributed by atoms with van der Waals surface area (Å²) in [5.74, 6) is 0.372. The Morgan fingerprint density at radius 2 is 1.85 bits per heavy atom. The van der Waals surface area contributed by atoms with Crippen LogP contribution in [0.3, 0.4) is 0 Å². The lowest BCUT2D eigenvalue weighted by molar-refractivity contribution is -0.134. The van der Waals surface area contributed by atoms with Crippen LogP contribution in [0.1, 0.15) is 48.9 Å². The molecule has 1 saturated carbocycles. The van der Waals surface area contributed by atoms with Gasteiger partial charge in [-0.3, -0.25) is 9.59 Å². The number of carbonyl (C=O) groups excluding carboxylic acids is 2. The normalized spacial score (nSPS) is 20.7. The first-order valence-corrected chi connectivity index (χ1v) is 12.0. The van der Waals surface area contributed by atoms with Gasteiger partial charge in [-0.2, -0.15) is 0 Å². The highest BCUT2D eigenvalue weighted by molar-refractivity contribution is 6.08. The molecule has 1 atom stereocenters. The van der Waals surface area contributed by atoms with Crippen LogP contribution in [0.15, 0.2) is 71.6 Å². The van der Waals surface area contributed by atoms with Gasteiger partial charge in [-0.15, -0.1) is 0 Å². The number of amides is 2. The number of furan rings is 1. The fourth-order valence-electron chi connectivity index (χ4n) is 5.57. The van der Waals surface area contributed by atoms with E-state index in [1.807, 2.05) is 77.0 Å². The molecule has 0 bridgehead atoms. The van der Waals surface area contributed by atoms with E-state index in [1.165, 1.54) is 0 Å². The molecular weight excluding hydrogens is 428 g/mol. The molecule has 4 aromatic rings. The molecule has 7 nitrogen and oxygen atoms in total. The zero-order chi connectivity index (χ0) is 23.3. The van der Waals surface area contributed by atoms with Gasteiger partial charge in [0.2, 0.25) is 5.91 Å². The molecular formula is C27H28N4O3. The van der Waals surface area contributed by atoms with Gasteiger partial charge < -0.3 is 23.8 Å². The summed E-state index contributed by atoms with van der Waals surface area (Å²) in [6.45, 7) is 2.48. The Morgan fingerprint density at radius 1 is 1.09 bits per heavy atom. The van der Waals surface area contributed by atoms with Gasteiger partial charge in [0.1, 0.15) is 17.0 Å². The SMILES string of the molecule is CC1(C(=O)NC2CCCC2)Cn2c(c(-n3cccc3)c3ccccc32)C(=O)N1Cc1ccco1. The average Bonchev–Trinajstić information content (AvgIpc) is 3.64. The second kappa shape index (κ2) is 7.94. The number of hydrogen-bond donors (Lipinski definition) is 1. The van der Waals surface area contributed by atoms with E-state index in [2.05, 4.69) is 5.32 Å². The monoisotopic (exact) mass is 456 g/mol. The van der Waals surface area contributed by atoms with Gasteiger partial charge in [-0.05, 0) is 50.1 Å². The Balaban J connectivity index is 1.52. The molecule has 2 amide bonds. The standard InChI is InChI=1S/C27H28N4O3/c1-27(26(33)28-19-9-2-3-10-19)18-30-22-13-5-4-12-21(22)23(29-14-6-7-15-29)24(30)25(32)31(27)17-20-11-8-16-34-20/h4-8,11-16,19H,2-3,9-10,17-18H2,1H3,(H,28,33). The molecule has 34 heavy (non-hydrogen) atoms. The fourth-order valence-corrected chi connectivity index (χ4v) is 5.57. The molecule has 7 heteroatoms. The summed E-state index contributed by atoms with van der Waals surface area (Å²) in [5, 5.41) is 4.24. The Bertz CT molecular complexity index is 1350. The fraction of sp³-hybridized carbons (Fsp3) is 0.333. The van der Waals surface area contributed by atoms with E-state index in [0.717, 1.165) is 42.3 Å². The zero-order valence-corrected chi connectivity index (χ0v) is 19.2. The van der Waals surface area contributed by atoms with E-state index < -0.39 is 5.54 Å². The number of nitrogens with one attached hydrogen (secondary N) is 1. The smallest absolute Gasteiger partial charge is 0.274 e. The van der Waals surface area contributed by atoms with E-state index in [1.54, 1.807) is 11.2 Å². The number of benzene rings is 1. The van der Waals surface area contributed by atoms with Crippen molar-refractivity contribution in [2.45, 2.75) is 57.3 Å². The van der Waals surface area contributed by atoms with Crippen LogP contribution in [0.2, 0.25) is 0 Å². The minimum Gasteiger partial charge on any atom is -0.467 e. The third kappa shape index (κ3) is 3.18. The van der Waals surface area contributed by atoms with Gasteiger partial charge >= 0.3 is 0 Å². The molecule has 2 aliphatic rings. The minimum atomic E-state index is -1.06. The van der Waals surface area contributed by atoms with Gasteiger partial charge in [0.25, 0.3) is 5.91 Å². The molecule has 3 aromatic heterocycles. The molecule has 1 N–H and O–H groups in total. The Labute approximate surface area is 197 Å². The van der Waals surface area contributed by atoms with Crippen molar-refractivity contribution >= 4 is 22.7 Å². The molecule has 1 unspecified atom stereocenters. The van der Waals surface area contributed by atoms with Crippen LogP contribution < -0.4 is 5.32 Å². The summed E-state index contributed by atoms with van der Waals surface area (Å²) in [6, 6.07) is 15.7. The first-order chi connectivity index (χ1) is 16.6. The van der Waals surface area contributed by atoms with Crippen LogP contribution >= 0.6 is 0 Å². The summed E-state index contributed by atoms with van der Waals surface area (Å²) in [6.07, 6.45) is 9.74. The molecule has 0 radical (unpaired) electrons. The number of aromatic nitrogens is 2. The van der Waals surface area contributed by atoms with Crippen LogP contribution in [0.4, 0.5) is 0 Å². The largest absolute Gasteiger partial charge is 0.467 e. The van der Waals surface area contributed by atoms with Crippen molar-refractivity contribution in [2.24, 2.45) is 0 Å². The van der Waals surface area contributed by atoms with Crippen molar-refractivity contribution in [3.8, 4) is 5.69 Å². The predicted molar refractivity (Wildman–Crippen MR) is 129 cm³/mol. The highest BCUT2D eigenvalue weighted by atomic mass is 16.3. The van der Waals surface area contributed by atoms with Gasteiger partial charge in [-0.25, -0.2) is 0 Å². The van der Waals surface area contributed by atoms with Crippen molar-refractivity contribution in [1.29, 1.82) is 0 Å². The predicted octanol–water partition coefficient (Wildman–Crippen LogP) is 4.50. The Kier molecular flexibility index (Phi) is 4.86. The summed E-state index contributed by atoms with van der Waals surface area (Å²) >= 11 is 0. The summed E-state index contributed by atoms with van der Waals surface area (Å²) < 4.78 is 9.62. The maximum atomic E-state index is 14.3. The Morgan fingerprint density at radius 3 is 2.59 bits per heavy atom. The number of rotatable bonds is 5. The number of hydrogen-bond acceptors (Lipinski definition) is 3. The van der Waals surface area contributed by atoms with Crippen LogP contribution in [-0.2, 0) is 17.9 Å². The van der Waals surface area contributed by atoms with Crippen LogP contribution in [0, 0.1) is 0 Å². The second-order valence-corrected chi connectivity index (χ2v) is 9.59. The van der Waals surface area contributed by atoms with E-state index in [-0.39, 0.29) is 24.4 Å². The third-order valence-electron chi connectivity index (χ3n) is 7.39. The number of para-hydroxylation sites is 1. The Hall–Kier alpha value is -3.74. The second-order valence-electron chi connectivity index (χ2n) is 9.59. The molecule has 1 fully saturated rings. The third-order valence-corrected chi connectivity index (χ3v) is 7.39. The highest BCUT2D eigenvalue weighted by Gasteiger charge is 2.49. The van der Waals surface area contributed by atoms with Gasteiger partial charge in [0.05, 0.1) is 30.6 Å². The summed E-state index contributed by atoms with van der Waals surface area (Å²) in [7, 11) is 0. The first kappa shape index (κ1) is 20.8. The topological polar surface area (TPSA) is 72.4 Å². The quantitative estimate of drug-likeness (QED) is 0.481. The summed E-state index contributed by atoms with van der Waals surface area (Å²) in [5.41, 5.74) is 1.32. The maximum absolute atomic E-state index is 14.3. The molecule has 4 heterocycles. The number of nitrogens with zero attached hydrogens (tertiary/aromatic N) is 3. The van der Waals surface area contributed by atoms with Gasteiger partial charge in [0.15, 0.2) is 0 Å². The van der Waals surface area contributed by atoms with E-state index in [0.29, 0.717) is 18.0 Å². The van der Waals surface area contributed by atoms with Crippen LogP contribution in [0.5, 0.6) is 0 Å².